The Morgan fingerprint density at radius 1 is 1.33 bits per heavy atom. The van der Waals surface area contributed by atoms with Gasteiger partial charge in [-0.2, -0.15) is 0 Å². The fourth-order valence-electron chi connectivity index (χ4n) is 3.70. The lowest BCUT2D eigenvalue weighted by molar-refractivity contribution is -0.125. The fraction of sp³-hybridized carbons (Fsp3) is 0.600. The minimum atomic E-state index is -3.09. The molecule has 30 heavy (non-hydrogen) atoms. The second-order valence-electron chi connectivity index (χ2n) is 7.85. The van der Waals surface area contributed by atoms with Gasteiger partial charge in [-0.05, 0) is 25.0 Å². The summed E-state index contributed by atoms with van der Waals surface area (Å²) in [6, 6.07) is 4.93. The van der Waals surface area contributed by atoms with Crippen molar-refractivity contribution in [3.63, 3.8) is 0 Å². The number of rotatable bonds is 8. The number of carbonyl (C=O) groups excluding carboxylic acids is 2. The summed E-state index contributed by atoms with van der Waals surface area (Å²) in [4.78, 5) is 26.5. The number of benzene rings is 1. The number of para-hydroxylation sites is 1. The standard InChI is InChI=1S/C20H26BF2NO6/c1-20(22,23)13-16(25)12-15-11-14-3-2-4-17(18(14)30-21(15)27)19(26)29-10-7-24-5-8-28-9-6-24/h2-4,15,27H,5-13H2,1H3/t15-/m1/s1. The molecule has 164 valence electrons. The molecule has 10 heteroatoms. The van der Waals surface area contributed by atoms with Gasteiger partial charge in [-0.3, -0.25) is 9.69 Å². The first-order valence-electron chi connectivity index (χ1n) is 10.1. The maximum absolute atomic E-state index is 13.1. The monoisotopic (exact) mass is 425 g/mol. The van der Waals surface area contributed by atoms with E-state index < -0.39 is 37.0 Å². The van der Waals surface area contributed by atoms with E-state index in [1.807, 2.05) is 0 Å². The molecule has 1 atom stereocenters. The van der Waals surface area contributed by atoms with Crippen LogP contribution in [0.1, 0.15) is 35.7 Å². The van der Waals surface area contributed by atoms with Gasteiger partial charge in [-0.15, -0.1) is 0 Å². The van der Waals surface area contributed by atoms with Crippen LogP contribution in [0.3, 0.4) is 0 Å². The first-order valence-corrected chi connectivity index (χ1v) is 10.1. The fourth-order valence-corrected chi connectivity index (χ4v) is 3.70. The second-order valence-corrected chi connectivity index (χ2v) is 7.85. The van der Waals surface area contributed by atoms with Gasteiger partial charge < -0.3 is 19.2 Å². The summed E-state index contributed by atoms with van der Waals surface area (Å²) in [5, 5.41) is 10.3. The molecule has 0 aromatic heterocycles. The molecule has 1 fully saturated rings. The predicted octanol–water partition coefficient (Wildman–Crippen LogP) is 1.97. The van der Waals surface area contributed by atoms with E-state index in [1.54, 1.807) is 18.2 Å². The topological polar surface area (TPSA) is 85.3 Å². The summed E-state index contributed by atoms with van der Waals surface area (Å²) in [6.45, 7) is 4.39. The van der Waals surface area contributed by atoms with Crippen molar-refractivity contribution in [3.05, 3.63) is 29.3 Å². The zero-order chi connectivity index (χ0) is 21.7. The number of fused-ring (bicyclic) bond motifs is 1. The van der Waals surface area contributed by atoms with Gasteiger partial charge in [0, 0.05) is 31.9 Å². The number of hydrogen-bond donors (Lipinski definition) is 1. The Balaban J connectivity index is 1.59. The van der Waals surface area contributed by atoms with Crippen LogP contribution in [-0.4, -0.2) is 74.2 Å². The van der Waals surface area contributed by atoms with Crippen molar-refractivity contribution in [2.45, 2.75) is 37.9 Å². The number of nitrogens with zero attached hydrogens (tertiary/aromatic N) is 1. The maximum atomic E-state index is 13.1. The zero-order valence-corrected chi connectivity index (χ0v) is 16.9. The van der Waals surface area contributed by atoms with Gasteiger partial charge >= 0.3 is 13.1 Å². The normalized spacial score (nSPS) is 19.7. The molecule has 0 amide bonds. The third kappa shape index (κ3) is 6.23. The van der Waals surface area contributed by atoms with E-state index in [0.717, 1.165) is 13.1 Å². The first kappa shape index (κ1) is 22.6. The average molecular weight is 425 g/mol. The molecule has 2 aliphatic heterocycles. The minimum Gasteiger partial charge on any atom is -0.535 e. The maximum Gasteiger partial charge on any atom is 0.526 e. The molecular formula is C20H26BF2NO6. The molecule has 1 saturated heterocycles. The van der Waals surface area contributed by atoms with Crippen LogP contribution in [0.25, 0.3) is 0 Å². The van der Waals surface area contributed by atoms with Crippen molar-refractivity contribution < 1.29 is 37.5 Å². The van der Waals surface area contributed by atoms with E-state index >= 15 is 0 Å². The number of ketones is 1. The summed E-state index contributed by atoms with van der Waals surface area (Å²) < 4.78 is 42.2. The van der Waals surface area contributed by atoms with Crippen LogP contribution in [0.15, 0.2) is 18.2 Å². The molecule has 0 spiro atoms. The zero-order valence-electron chi connectivity index (χ0n) is 16.9. The lowest BCUT2D eigenvalue weighted by Crippen LogP contribution is -2.38. The third-order valence-corrected chi connectivity index (χ3v) is 5.18. The lowest BCUT2D eigenvalue weighted by Gasteiger charge is -2.28. The Bertz CT molecular complexity index is 766. The van der Waals surface area contributed by atoms with Crippen LogP contribution in [-0.2, 0) is 20.7 Å². The Labute approximate surface area is 174 Å². The number of Topliss-reactive ketones (excluding diaryl/α,β-unsaturated/α-hetero) is 1. The van der Waals surface area contributed by atoms with E-state index in [2.05, 4.69) is 4.90 Å². The molecule has 2 heterocycles. The molecule has 2 aliphatic rings. The van der Waals surface area contributed by atoms with Crippen LogP contribution < -0.4 is 4.65 Å². The highest BCUT2D eigenvalue weighted by molar-refractivity contribution is 6.47. The molecule has 1 N–H and O–H groups in total. The van der Waals surface area contributed by atoms with E-state index in [-0.39, 0.29) is 30.8 Å². The van der Waals surface area contributed by atoms with Crippen molar-refractivity contribution in [1.82, 2.24) is 4.90 Å². The van der Waals surface area contributed by atoms with Gasteiger partial charge in [0.05, 0.1) is 19.6 Å². The summed E-state index contributed by atoms with van der Waals surface area (Å²) in [7, 11) is -1.37. The molecule has 3 rings (SSSR count). The molecule has 7 nitrogen and oxygen atoms in total. The quantitative estimate of drug-likeness (QED) is 0.504. The van der Waals surface area contributed by atoms with Crippen molar-refractivity contribution in [1.29, 1.82) is 0 Å². The van der Waals surface area contributed by atoms with Gasteiger partial charge in [-0.1, -0.05) is 12.1 Å². The van der Waals surface area contributed by atoms with Gasteiger partial charge in [0.1, 0.15) is 23.7 Å². The number of halogens is 2. The molecule has 0 radical (unpaired) electrons. The Morgan fingerprint density at radius 3 is 2.77 bits per heavy atom. The molecule has 1 aromatic rings. The van der Waals surface area contributed by atoms with Crippen molar-refractivity contribution in [2.24, 2.45) is 0 Å². The second kappa shape index (κ2) is 9.85. The summed E-state index contributed by atoms with van der Waals surface area (Å²) in [5.41, 5.74) is 0.822. The molecule has 0 saturated carbocycles. The molecule has 1 aromatic carbocycles. The van der Waals surface area contributed by atoms with Crippen molar-refractivity contribution >= 4 is 18.9 Å². The Kier molecular flexibility index (Phi) is 7.43. The average Bonchev–Trinajstić information content (AvgIpc) is 2.67. The van der Waals surface area contributed by atoms with Crippen LogP contribution in [0.4, 0.5) is 8.78 Å². The number of esters is 1. The highest BCUT2D eigenvalue weighted by Gasteiger charge is 2.39. The largest absolute Gasteiger partial charge is 0.535 e. The number of hydrogen-bond acceptors (Lipinski definition) is 7. The Hall–Kier alpha value is -2.04. The predicted molar refractivity (Wildman–Crippen MR) is 105 cm³/mol. The highest BCUT2D eigenvalue weighted by Crippen LogP contribution is 2.37. The van der Waals surface area contributed by atoms with E-state index in [4.69, 9.17) is 14.1 Å². The third-order valence-electron chi connectivity index (χ3n) is 5.18. The summed E-state index contributed by atoms with van der Waals surface area (Å²) in [5.74, 6) is -4.73. The van der Waals surface area contributed by atoms with Gasteiger partial charge in [0.15, 0.2) is 0 Å². The van der Waals surface area contributed by atoms with Gasteiger partial charge in [-0.25, -0.2) is 13.6 Å². The lowest BCUT2D eigenvalue weighted by atomic mass is 9.64. The van der Waals surface area contributed by atoms with E-state index in [0.29, 0.717) is 32.2 Å². The van der Waals surface area contributed by atoms with Gasteiger partial charge in [0.2, 0.25) is 0 Å². The van der Waals surface area contributed by atoms with Crippen LogP contribution in [0, 0.1) is 0 Å². The van der Waals surface area contributed by atoms with Gasteiger partial charge in [0.25, 0.3) is 5.92 Å². The van der Waals surface area contributed by atoms with E-state index in [1.165, 1.54) is 0 Å². The van der Waals surface area contributed by atoms with Crippen molar-refractivity contribution in [2.75, 3.05) is 39.5 Å². The number of alkyl halides is 2. The van der Waals surface area contributed by atoms with Crippen LogP contribution in [0.2, 0.25) is 5.82 Å². The number of ether oxygens (including phenoxy) is 2. The molecule has 0 bridgehead atoms. The highest BCUT2D eigenvalue weighted by atomic mass is 19.3. The summed E-state index contributed by atoms with van der Waals surface area (Å²) in [6.07, 6.45) is -0.858. The molecular weight excluding hydrogens is 399 g/mol. The van der Waals surface area contributed by atoms with Crippen molar-refractivity contribution in [3.8, 4) is 5.75 Å². The van der Waals surface area contributed by atoms with Crippen LogP contribution >= 0.6 is 0 Å². The minimum absolute atomic E-state index is 0.193. The smallest absolute Gasteiger partial charge is 0.526 e. The SMILES string of the molecule is CC(F)(F)CC(=O)C[C@H]1Cc2cccc(C(=O)OCCN3CCOCC3)c2OB1O. The first-order chi connectivity index (χ1) is 14.2. The molecule has 0 unspecified atom stereocenters. The van der Waals surface area contributed by atoms with E-state index in [9.17, 15) is 23.4 Å². The molecule has 0 aliphatic carbocycles. The Morgan fingerprint density at radius 2 is 2.07 bits per heavy atom. The van der Waals surface area contributed by atoms with Crippen LogP contribution in [0.5, 0.6) is 5.75 Å². The number of carbonyl (C=O) groups is 2. The summed E-state index contributed by atoms with van der Waals surface area (Å²) >= 11 is 0. The number of morpholine rings is 1.